The Morgan fingerprint density at radius 1 is 1.42 bits per heavy atom. The van der Waals surface area contributed by atoms with Crippen molar-refractivity contribution in [3.05, 3.63) is 28.2 Å². The van der Waals surface area contributed by atoms with E-state index in [-0.39, 0.29) is 16.9 Å². The Morgan fingerprint density at radius 2 is 2.16 bits per heavy atom. The van der Waals surface area contributed by atoms with Gasteiger partial charge < -0.3 is 9.47 Å². The van der Waals surface area contributed by atoms with Crippen molar-refractivity contribution in [2.75, 3.05) is 14.2 Å². The molecule has 0 radical (unpaired) electrons. The predicted octanol–water partition coefficient (Wildman–Crippen LogP) is 2.90. The average molecular weight is 347 g/mol. The van der Waals surface area contributed by atoms with Crippen molar-refractivity contribution in [2.24, 2.45) is 0 Å². The minimum Gasteiger partial charge on any atom is -0.496 e. The first kappa shape index (κ1) is 13.9. The van der Waals surface area contributed by atoms with Gasteiger partial charge in [0, 0.05) is 0 Å². The van der Waals surface area contributed by atoms with Gasteiger partial charge >= 0.3 is 5.97 Å². The van der Waals surface area contributed by atoms with Crippen molar-refractivity contribution >= 4 is 33.4 Å². The minimum absolute atomic E-state index is 0.0230. The molecule has 0 unspecified atom stereocenters. The maximum atomic E-state index is 14.0. The van der Waals surface area contributed by atoms with Crippen LogP contribution in [0.2, 0.25) is 0 Å². The van der Waals surface area contributed by atoms with E-state index in [2.05, 4.69) is 30.0 Å². The zero-order valence-electron chi connectivity index (χ0n) is 9.94. The average Bonchev–Trinajstić information content (AvgIpc) is 2.84. The van der Waals surface area contributed by atoms with Gasteiger partial charge in [0.25, 0.3) is 0 Å². The highest BCUT2D eigenvalue weighted by atomic mass is 79.9. The van der Waals surface area contributed by atoms with Crippen LogP contribution in [0.1, 0.15) is 10.4 Å². The van der Waals surface area contributed by atoms with Crippen LogP contribution in [-0.4, -0.2) is 29.5 Å². The molecule has 8 heteroatoms. The number of benzene rings is 1. The normalized spacial score (nSPS) is 10.3. The Kier molecular flexibility index (Phi) is 4.11. The molecule has 0 aliphatic heterocycles. The number of nitrogens with zero attached hydrogens (tertiary/aromatic N) is 2. The molecule has 0 amide bonds. The van der Waals surface area contributed by atoms with Crippen LogP contribution in [0.4, 0.5) is 4.39 Å². The fourth-order valence-corrected chi connectivity index (χ4v) is 2.57. The predicted molar refractivity (Wildman–Crippen MR) is 70.9 cm³/mol. The second kappa shape index (κ2) is 5.62. The van der Waals surface area contributed by atoms with Gasteiger partial charge in [-0.3, -0.25) is 0 Å². The van der Waals surface area contributed by atoms with Crippen LogP contribution in [0, 0.1) is 5.82 Å². The molecule has 0 atom stereocenters. The molecule has 0 aliphatic rings. The topological polar surface area (TPSA) is 61.3 Å². The fraction of sp³-hybridized carbons (Fsp3) is 0.182. The van der Waals surface area contributed by atoms with E-state index in [1.165, 1.54) is 20.3 Å². The number of hydrogen-bond donors (Lipinski definition) is 0. The summed E-state index contributed by atoms with van der Waals surface area (Å²) >= 11 is 4.14. The molecule has 0 saturated heterocycles. The molecular weight excluding hydrogens is 339 g/mol. The zero-order chi connectivity index (χ0) is 14.0. The molecular formula is C11H8BrFN2O3S. The van der Waals surface area contributed by atoms with E-state index in [1.54, 1.807) is 0 Å². The number of ether oxygens (including phenoxy) is 2. The molecule has 0 N–H and O–H groups in total. The van der Waals surface area contributed by atoms with Crippen molar-refractivity contribution in [3.63, 3.8) is 0 Å². The number of esters is 1. The van der Waals surface area contributed by atoms with Gasteiger partial charge in [0.05, 0.1) is 19.8 Å². The van der Waals surface area contributed by atoms with Gasteiger partial charge in [0.15, 0.2) is 0 Å². The van der Waals surface area contributed by atoms with E-state index in [0.717, 1.165) is 17.6 Å². The van der Waals surface area contributed by atoms with Crippen LogP contribution in [0.15, 0.2) is 16.9 Å². The second-order valence-corrected chi connectivity index (χ2v) is 4.85. The smallest absolute Gasteiger partial charge is 0.341 e. The van der Waals surface area contributed by atoms with Crippen LogP contribution in [0.5, 0.6) is 5.75 Å². The summed E-state index contributed by atoms with van der Waals surface area (Å²) in [5, 5.41) is 0.388. The van der Waals surface area contributed by atoms with E-state index in [4.69, 9.17) is 4.74 Å². The number of halogens is 2. The third kappa shape index (κ3) is 2.74. The third-order valence-electron chi connectivity index (χ3n) is 2.33. The van der Waals surface area contributed by atoms with Crippen molar-refractivity contribution in [1.29, 1.82) is 0 Å². The molecule has 19 heavy (non-hydrogen) atoms. The first-order chi connectivity index (χ1) is 9.06. The molecule has 1 aromatic heterocycles. The van der Waals surface area contributed by atoms with Gasteiger partial charge in [-0.05, 0) is 39.6 Å². The van der Waals surface area contributed by atoms with Gasteiger partial charge in [-0.1, -0.05) is 0 Å². The zero-order valence-corrected chi connectivity index (χ0v) is 12.3. The lowest BCUT2D eigenvalue weighted by Crippen LogP contribution is -2.05. The molecule has 0 bridgehead atoms. The van der Waals surface area contributed by atoms with Gasteiger partial charge in [-0.25, -0.2) is 14.2 Å². The maximum absolute atomic E-state index is 14.0. The number of carbonyl (C=O) groups excluding carboxylic acids is 1. The van der Waals surface area contributed by atoms with Crippen molar-refractivity contribution < 1.29 is 18.7 Å². The van der Waals surface area contributed by atoms with Crippen LogP contribution in [-0.2, 0) is 4.74 Å². The summed E-state index contributed by atoms with van der Waals surface area (Å²) in [6, 6.07) is 2.46. The molecule has 2 rings (SSSR count). The Morgan fingerprint density at radius 3 is 2.68 bits per heavy atom. The molecule has 1 aromatic carbocycles. The number of aromatic nitrogens is 2. The van der Waals surface area contributed by atoms with Gasteiger partial charge in [-0.15, -0.1) is 0 Å². The number of hydrogen-bond acceptors (Lipinski definition) is 6. The molecule has 2 aromatic rings. The Labute approximate surface area is 120 Å². The molecule has 0 spiro atoms. The van der Waals surface area contributed by atoms with Crippen LogP contribution < -0.4 is 4.74 Å². The fourth-order valence-electron chi connectivity index (χ4n) is 1.47. The van der Waals surface area contributed by atoms with E-state index >= 15 is 0 Å². The molecule has 0 aliphatic carbocycles. The summed E-state index contributed by atoms with van der Waals surface area (Å²) < 4.78 is 27.9. The summed E-state index contributed by atoms with van der Waals surface area (Å²) in [5.74, 6) is -1.04. The van der Waals surface area contributed by atoms with Crippen LogP contribution >= 0.6 is 27.5 Å². The molecule has 100 valence electrons. The monoisotopic (exact) mass is 346 g/mol. The van der Waals surface area contributed by atoms with Crippen LogP contribution in [0.3, 0.4) is 0 Å². The second-order valence-electron chi connectivity index (χ2n) is 3.39. The highest BCUT2D eigenvalue weighted by molar-refractivity contribution is 9.10. The minimum atomic E-state index is -0.666. The Bertz CT molecular complexity index is 632. The number of methoxy groups -OCH3 is 2. The summed E-state index contributed by atoms with van der Waals surface area (Å²) in [6.07, 6.45) is 0. The quantitative estimate of drug-likeness (QED) is 0.799. The SMILES string of the molecule is COC(=O)c1cc(F)c(-c2nc(Br)ns2)cc1OC. The molecule has 5 nitrogen and oxygen atoms in total. The highest BCUT2D eigenvalue weighted by Gasteiger charge is 2.19. The molecule has 1 heterocycles. The lowest BCUT2D eigenvalue weighted by atomic mass is 10.1. The van der Waals surface area contributed by atoms with Gasteiger partial charge in [0.1, 0.15) is 22.1 Å². The summed E-state index contributed by atoms with van der Waals surface area (Å²) in [4.78, 5) is 15.5. The number of carbonyl (C=O) groups is 1. The van der Waals surface area contributed by atoms with E-state index in [9.17, 15) is 9.18 Å². The van der Waals surface area contributed by atoms with E-state index in [0.29, 0.717) is 9.74 Å². The first-order valence-corrected chi connectivity index (χ1v) is 6.59. The first-order valence-electron chi connectivity index (χ1n) is 5.02. The van der Waals surface area contributed by atoms with Crippen LogP contribution in [0.25, 0.3) is 10.6 Å². The Balaban J connectivity index is 2.56. The summed E-state index contributed by atoms with van der Waals surface area (Å²) in [6.45, 7) is 0. The van der Waals surface area contributed by atoms with E-state index in [1.807, 2.05) is 0 Å². The maximum Gasteiger partial charge on any atom is 0.341 e. The third-order valence-corrected chi connectivity index (χ3v) is 3.66. The highest BCUT2D eigenvalue weighted by Crippen LogP contribution is 2.32. The lowest BCUT2D eigenvalue weighted by Gasteiger charge is -2.09. The summed E-state index contributed by atoms with van der Waals surface area (Å²) in [7, 11) is 2.61. The van der Waals surface area contributed by atoms with Gasteiger partial charge in [0.2, 0.25) is 4.73 Å². The molecule has 0 saturated carbocycles. The molecule has 0 fully saturated rings. The van der Waals surface area contributed by atoms with Crippen molar-refractivity contribution in [1.82, 2.24) is 9.36 Å². The van der Waals surface area contributed by atoms with Crippen molar-refractivity contribution in [2.45, 2.75) is 0 Å². The lowest BCUT2D eigenvalue weighted by molar-refractivity contribution is 0.0596. The van der Waals surface area contributed by atoms with E-state index < -0.39 is 11.8 Å². The summed E-state index contributed by atoms with van der Waals surface area (Å²) in [5.41, 5.74) is 0.238. The van der Waals surface area contributed by atoms with Crippen molar-refractivity contribution in [3.8, 4) is 16.3 Å². The largest absolute Gasteiger partial charge is 0.496 e. The number of rotatable bonds is 3. The standard InChI is InChI=1S/C11H8BrFN2O3S/c1-17-8-4-5(9-14-11(12)15-19-9)7(13)3-6(8)10(16)18-2/h3-4H,1-2H3. The van der Waals surface area contributed by atoms with Gasteiger partial charge in [-0.2, -0.15) is 4.37 Å². The Hall–Kier alpha value is -1.54.